The Kier molecular flexibility index (Phi) is 8.68. The van der Waals surface area contributed by atoms with Crippen molar-refractivity contribution in [2.24, 2.45) is 11.3 Å². The highest BCUT2D eigenvalue weighted by atomic mass is 16.3. The lowest BCUT2D eigenvalue weighted by Gasteiger charge is -2.44. The fourth-order valence-corrected chi connectivity index (χ4v) is 6.71. The number of aliphatic hydroxyl groups is 1. The molecule has 2 aliphatic heterocycles. The number of benzene rings is 1. The van der Waals surface area contributed by atoms with Gasteiger partial charge in [0.25, 0.3) is 0 Å². The van der Waals surface area contributed by atoms with Gasteiger partial charge in [0, 0.05) is 50.9 Å². The van der Waals surface area contributed by atoms with Crippen molar-refractivity contribution >= 4 is 11.8 Å². The topological polar surface area (TPSA) is 60.9 Å². The molecule has 0 aromatic heterocycles. The third-order valence-corrected chi connectivity index (χ3v) is 8.94. The molecule has 4 fully saturated rings. The van der Waals surface area contributed by atoms with E-state index in [-0.39, 0.29) is 17.4 Å². The summed E-state index contributed by atoms with van der Waals surface area (Å²) in [5, 5.41) is 10.4. The third kappa shape index (κ3) is 6.21. The maximum absolute atomic E-state index is 12.5. The Hall–Kier alpha value is -1.88. The van der Waals surface area contributed by atoms with E-state index in [1.165, 1.54) is 50.5 Å². The second kappa shape index (κ2) is 11.7. The predicted octanol–water partition coefficient (Wildman–Crippen LogP) is 5.13. The van der Waals surface area contributed by atoms with Crippen LogP contribution in [0.25, 0.3) is 0 Å². The number of nitrogens with zero attached hydrogens (tertiary/aromatic N) is 2. The number of likely N-dealkylation sites (N-methyl/N-ethyl adjacent to an activating group) is 1. The van der Waals surface area contributed by atoms with Crippen molar-refractivity contribution in [2.45, 2.75) is 95.5 Å². The molecule has 2 saturated heterocycles. The Morgan fingerprint density at radius 1 is 1.03 bits per heavy atom. The summed E-state index contributed by atoms with van der Waals surface area (Å²) >= 11 is 0. The minimum absolute atomic E-state index is 0.0404. The molecule has 34 heavy (non-hydrogen) atoms. The molecule has 5 heteroatoms. The van der Waals surface area contributed by atoms with E-state index in [2.05, 4.69) is 17.0 Å². The summed E-state index contributed by atoms with van der Waals surface area (Å²) in [6.07, 6.45) is 14.5. The van der Waals surface area contributed by atoms with Crippen LogP contribution in [0.5, 0.6) is 0 Å². The van der Waals surface area contributed by atoms with E-state index >= 15 is 0 Å². The molecular weight excluding hydrogens is 424 g/mol. The highest BCUT2D eigenvalue weighted by Gasteiger charge is 2.45. The Bertz CT molecular complexity index is 799. The van der Waals surface area contributed by atoms with Crippen molar-refractivity contribution in [1.82, 2.24) is 9.80 Å². The van der Waals surface area contributed by atoms with Gasteiger partial charge in [-0.25, -0.2) is 0 Å². The zero-order chi connectivity index (χ0) is 24.0. The van der Waals surface area contributed by atoms with Crippen molar-refractivity contribution in [3.63, 3.8) is 0 Å². The molecule has 1 aromatic carbocycles. The first kappa shape index (κ1) is 25.2. The Morgan fingerprint density at radius 3 is 2.38 bits per heavy atom. The molecule has 2 amide bonds. The van der Waals surface area contributed by atoms with Crippen molar-refractivity contribution < 1.29 is 14.7 Å². The van der Waals surface area contributed by atoms with Crippen LogP contribution in [-0.2, 0) is 9.59 Å². The molecule has 1 N–H and O–H groups in total. The summed E-state index contributed by atoms with van der Waals surface area (Å²) in [6, 6.07) is 10.2. The van der Waals surface area contributed by atoms with Crippen molar-refractivity contribution in [3.05, 3.63) is 35.9 Å². The van der Waals surface area contributed by atoms with Crippen LogP contribution in [0.2, 0.25) is 0 Å². The van der Waals surface area contributed by atoms with Gasteiger partial charge in [0.1, 0.15) is 0 Å². The van der Waals surface area contributed by atoms with Crippen molar-refractivity contribution in [1.29, 1.82) is 0 Å². The fourth-order valence-electron chi connectivity index (χ4n) is 6.71. The molecular formula is C29H44N2O3. The summed E-state index contributed by atoms with van der Waals surface area (Å²) in [4.78, 5) is 27.7. The van der Waals surface area contributed by atoms with Gasteiger partial charge in [0.2, 0.25) is 11.8 Å². The van der Waals surface area contributed by atoms with Crippen LogP contribution < -0.4 is 0 Å². The predicted molar refractivity (Wildman–Crippen MR) is 135 cm³/mol. The number of hydrogen-bond donors (Lipinski definition) is 1. The second-order valence-corrected chi connectivity index (χ2v) is 11.3. The van der Waals surface area contributed by atoms with E-state index < -0.39 is 0 Å². The Morgan fingerprint density at radius 2 is 1.74 bits per heavy atom. The molecule has 1 spiro atoms. The summed E-state index contributed by atoms with van der Waals surface area (Å²) in [5.74, 6) is 1.80. The zero-order valence-electron chi connectivity index (χ0n) is 21.1. The van der Waals surface area contributed by atoms with Crippen molar-refractivity contribution in [3.8, 4) is 0 Å². The monoisotopic (exact) mass is 468 g/mol. The second-order valence-electron chi connectivity index (χ2n) is 11.3. The SMILES string of the molecule is CN1CC(c2ccccc2)CC1=O.O=C(CCC1CCCCC1)N1CCC(O)C2(CCCC2)C1. The minimum atomic E-state index is -0.178. The van der Waals surface area contributed by atoms with E-state index in [0.29, 0.717) is 18.2 Å². The summed E-state index contributed by atoms with van der Waals surface area (Å²) in [7, 11) is 1.87. The quantitative estimate of drug-likeness (QED) is 0.666. The van der Waals surface area contributed by atoms with Gasteiger partial charge in [-0.1, -0.05) is 75.3 Å². The van der Waals surface area contributed by atoms with Crippen LogP contribution in [-0.4, -0.2) is 59.5 Å². The lowest BCUT2D eigenvalue weighted by Crippen LogP contribution is -2.52. The maximum atomic E-state index is 12.5. The van der Waals surface area contributed by atoms with Gasteiger partial charge in [-0.15, -0.1) is 0 Å². The first-order valence-electron chi connectivity index (χ1n) is 13.7. The van der Waals surface area contributed by atoms with Gasteiger partial charge in [0.05, 0.1) is 6.10 Å². The standard InChI is InChI=1S/C18H31NO2.C11H13NO/c20-16-10-13-19(14-18(16)11-4-5-12-18)17(21)9-8-15-6-2-1-3-7-15;1-12-8-10(7-11(12)13)9-5-3-2-4-6-9/h15-16,20H,1-14H2;2-6,10H,7-8H2,1H3. The van der Waals surface area contributed by atoms with Crippen LogP contribution >= 0.6 is 0 Å². The molecule has 4 aliphatic rings. The van der Waals surface area contributed by atoms with Gasteiger partial charge < -0.3 is 14.9 Å². The average molecular weight is 469 g/mol. The van der Waals surface area contributed by atoms with Gasteiger partial charge in [-0.3, -0.25) is 9.59 Å². The first-order chi connectivity index (χ1) is 16.5. The van der Waals surface area contributed by atoms with E-state index in [1.807, 2.05) is 25.2 Å². The van der Waals surface area contributed by atoms with Gasteiger partial charge >= 0.3 is 0 Å². The molecule has 1 aromatic rings. The van der Waals surface area contributed by atoms with E-state index in [1.54, 1.807) is 4.90 Å². The average Bonchev–Trinajstić information content (AvgIpc) is 3.48. The zero-order valence-corrected chi connectivity index (χ0v) is 21.1. The lowest BCUT2D eigenvalue weighted by atomic mass is 9.76. The Labute approximate surface area is 205 Å². The third-order valence-electron chi connectivity index (χ3n) is 8.94. The molecule has 2 heterocycles. The summed E-state index contributed by atoms with van der Waals surface area (Å²) < 4.78 is 0. The van der Waals surface area contributed by atoms with E-state index in [4.69, 9.17) is 0 Å². The number of rotatable bonds is 4. The number of hydrogen-bond acceptors (Lipinski definition) is 3. The number of carbonyl (C=O) groups is 2. The highest BCUT2D eigenvalue weighted by molar-refractivity contribution is 5.79. The number of likely N-dealkylation sites (tertiary alicyclic amines) is 2. The largest absolute Gasteiger partial charge is 0.392 e. The lowest BCUT2D eigenvalue weighted by molar-refractivity contribution is -0.139. The number of aliphatic hydroxyl groups excluding tert-OH is 1. The van der Waals surface area contributed by atoms with E-state index in [9.17, 15) is 14.7 Å². The minimum Gasteiger partial charge on any atom is -0.392 e. The van der Waals surface area contributed by atoms with Crippen molar-refractivity contribution in [2.75, 3.05) is 26.7 Å². The van der Waals surface area contributed by atoms with Gasteiger partial charge in [-0.2, -0.15) is 0 Å². The fraction of sp³-hybridized carbons (Fsp3) is 0.724. The molecule has 188 valence electrons. The Balaban J connectivity index is 0.000000180. The molecule has 2 saturated carbocycles. The highest BCUT2D eigenvalue weighted by Crippen LogP contribution is 2.45. The van der Waals surface area contributed by atoms with Crippen LogP contribution in [0.1, 0.15) is 95.0 Å². The van der Waals surface area contributed by atoms with Gasteiger partial charge in [-0.05, 0) is 37.2 Å². The van der Waals surface area contributed by atoms with Crippen LogP contribution in [0.15, 0.2) is 30.3 Å². The molecule has 2 unspecified atom stereocenters. The molecule has 5 nitrogen and oxygen atoms in total. The molecule has 2 atom stereocenters. The summed E-state index contributed by atoms with van der Waals surface area (Å²) in [5.41, 5.74) is 1.32. The normalized spacial score (nSPS) is 27.1. The molecule has 2 aliphatic carbocycles. The smallest absolute Gasteiger partial charge is 0.223 e. The molecule has 0 bridgehead atoms. The van der Waals surface area contributed by atoms with Crippen LogP contribution in [0, 0.1) is 11.3 Å². The number of piperidine rings is 1. The van der Waals surface area contributed by atoms with Gasteiger partial charge in [0.15, 0.2) is 0 Å². The number of carbonyl (C=O) groups excluding carboxylic acids is 2. The molecule has 0 radical (unpaired) electrons. The first-order valence-corrected chi connectivity index (χ1v) is 13.7. The van der Waals surface area contributed by atoms with Crippen LogP contribution in [0.3, 0.4) is 0 Å². The summed E-state index contributed by atoms with van der Waals surface area (Å²) in [6.45, 7) is 2.45. The molecule has 5 rings (SSSR count). The van der Waals surface area contributed by atoms with Crippen LogP contribution in [0.4, 0.5) is 0 Å². The number of amides is 2. The van der Waals surface area contributed by atoms with E-state index in [0.717, 1.165) is 57.7 Å². The maximum Gasteiger partial charge on any atom is 0.223 e.